The van der Waals surface area contributed by atoms with Gasteiger partial charge in [-0.1, -0.05) is 12.1 Å². The normalized spacial score (nSPS) is 9.86. The highest BCUT2D eigenvalue weighted by Gasteiger charge is 2.11. The third kappa shape index (κ3) is 4.47. The molecule has 0 radical (unpaired) electrons. The number of anilines is 3. The molecule has 1 amide bonds. The summed E-state index contributed by atoms with van der Waals surface area (Å²) < 4.78 is 4.67. The van der Waals surface area contributed by atoms with Gasteiger partial charge in [-0.3, -0.25) is 4.79 Å². The number of nitriles is 1. The number of hydrogen-bond acceptors (Lipinski definition) is 7. The van der Waals surface area contributed by atoms with Crippen molar-refractivity contribution >= 4 is 29.2 Å². The number of amides is 1. The highest BCUT2D eigenvalue weighted by Crippen LogP contribution is 2.16. The van der Waals surface area contributed by atoms with E-state index in [9.17, 15) is 9.59 Å². The van der Waals surface area contributed by atoms with Gasteiger partial charge in [0.05, 0.1) is 24.3 Å². The molecule has 0 saturated carbocycles. The zero-order valence-corrected chi connectivity index (χ0v) is 14.8. The number of aromatic nitrogens is 2. The maximum Gasteiger partial charge on any atom is 0.337 e. The van der Waals surface area contributed by atoms with Gasteiger partial charge >= 0.3 is 5.97 Å². The van der Waals surface area contributed by atoms with Crippen LogP contribution in [-0.2, 0) is 4.74 Å². The summed E-state index contributed by atoms with van der Waals surface area (Å²) in [5.74, 6) is -0.742. The van der Waals surface area contributed by atoms with Crippen molar-refractivity contribution < 1.29 is 14.3 Å². The minimum Gasteiger partial charge on any atom is -0.465 e. The Morgan fingerprint density at radius 2 is 1.86 bits per heavy atom. The van der Waals surface area contributed by atoms with Crippen LogP contribution in [0.15, 0.2) is 60.8 Å². The fourth-order valence-corrected chi connectivity index (χ4v) is 2.38. The first kappa shape index (κ1) is 18.5. The van der Waals surface area contributed by atoms with E-state index < -0.39 is 11.9 Å². The van der Waals surface area contributed by atoms with Gasteiger partial charge in [-0.15, -0.1) is 0 Å². The number of carbonyl (C=O) groups excluding carboxylic acids is 2. The molecule has 0 saturated heterocycles. The van der Waals surface area contributed by atoms with Gasteiger partial charge in [0.2, 0.25) is 5.95 Å². The molecule has 2 N–H and O–H groups in total. The van der Waals surface area contributed by atoms with E-state index in [1.165, 1.54) is 25.4 Å². The van der Waals surface area contributed by atoms with Crippen LogP contribution in [0.2, 0.25) is 0 Å². The van der Waals surface area contributed by atoms with Crippen molar-refractivity contribution in [3.05, 3.63) is 77.6 Å². The van der Waals surface area contributed by atoms with Gasteiger partial charge in [-0.2, -0.15) is 5.26 Å². The van der Waals surface area contributed by atoms with E-state index >= 15 is 0 Å². The predicted octanol–water partition coefficient (Wildman–Crippen LogP) is 3.13. The van der Waals surface area contributed by atoms with Crippen LogP contribution >= 0.6 is 0 Å². The van der Waals surface area contributed by atoms with Crippen LogP contribution in [0.25, 0.3) is 0 Å². The molecular formula is C20H15N5O3. The Bertz CT molecular complexity index is 1080. The van der Waals surface area contributed by atoms with Gasteiger partial charge in [0, 0.05) is 17.6 Å². The summed E-state index contributed by atoms with van der Waals surface area (Å²) in [4.78, 5) is 32.3. The topological polar surface area (TPSA) is 117 Å². The largest absolute Gasteiger partial charge is 0.465 e. The number of carbonyl (C=O) groups is 2. The highest BCUT2D eigenvalue weighted by atomic mass is 16.5. The van der Waals surface area contributed by atoms with Crippen molar-refractivity contribution in [3.8, 4) is 6.07 Å². The molecule has 8 nitrogen and oxygen atoms in total. The van der Waals surface area contributed by atoms with E-state index in [-0.39, 0.29) is 11.6 Å². The summed E-state index contributed by atoms with van der Waals surface area (Å²) in [7, 11) is 1.29. The Balaban J connectivity index is 1.75. The molecule has 3 aromatic rings. The molecule has 0 atom stereocenters. The number of nitrogens with zero attached hydrogens (tertiary/aromatic N) is 3. The maximum atomic E-state index is 12.5. The minimum absolute atomic E-state index is 0.136. The molecule has 0 aliphatic rings. The number of hydrogen-bond donors (Lipinski definition) is 2. The summed E-state index contributed by atoms with van der Waals surface area (Å²) >= 11 is 0. The lowest BCUT2D eigenvalue weighted by Crippen LogP contribution is -2.15. The van der Waals surface area contributed by atoms with Crippen LogP contribution in [0, 0.1) is 11.3 Å². The molecule has 1 heterocycles. The molecule has 8 heteroatoms. The molecule has 0 aliphatic heterocycles. The average Bonchev–Trinajstić information content (AvgIpc) is 2.73. The standard InChI is InChI=1S/C20H15N5O3/c1-28-19(27)14-5-3-7-16(11-14)23-18(26)17-8-9-22-20(25-17)24-15-6-2-4-13(10-15)12-21/h2-11H,1H3,(H,23,26)(H,22,24,25). The van der Waals surface area contributed by atoms with Gasteiger partial charge in [0.15, 0.2) is 0 Å². The predicted molar refractivity (Wildman–Crippen MR) is 102 cm³/mol. The van der Waals surface area contributed by atoms with Crippen LogP contribution in [0.5, 0.6) is 0 Å². The van der Waals surface area contributed by atoms with Crippen molar-refractivity contribution in [1.82, 2.24) is 9.97 Å². The molecular weight excluding hydrogens is 358 g/mol. The van der Waals surface area contributed by atoms with Crippen LogP contribution < -0.4 is 10.6 Å². The molecule has 0 unspecified atom stereocenters. The monoisotopic (exact) mass is 373 g/mol. The van der Waals surface area contributed by atoms with Crippen molar-refractivity contribution in [2.24, 2.45) is 0 Å². The first-order valence-electron chi connectivity index (χ1n) is 8.19. The molecule has 28 heavy (non-hydrogen) atoms. The van der Waals surface area contributed by atoms with Crippen molar-refractivity contribution in [1.29, 1.82) is 5.26 Å². The van der Waals surface area contributed by atoms with Gasteiger partial charge in [0.25, 0.3) is 5.91 Å². The van der Waals surface area contributed by atoms with Crippen LogP contribution in [0.3, 0.4) is 0 Å². The number of methoxy groups -OCH3 is 1. The summed E-state index contributed by atoms with van der Waals surface area (Å²) in [6.45, 7) is 0. The molecule has 0 aliphatic carbocycles. The van der Waals surface area contributed by atoms with Crippen LogP contribution in [0.1, 0.15) is 26.4 Å². The van der Waals surface area contributed by atoms with E-state index in [1.54, 1.807) is 42.5 Å². The smallest absolute Gasteiger partial charge is 0.337 e. The second-order valence-electron chi connectivity index (χ2n) is 5.61. The van der Waals surface area contributed by atoms with Crippen molar-refractivity contribution in [2.45, 2.75) is 0 Å². The van der Waals surface area contributed by atoms with Crippen LogP contribution in [-0.4, -0.2) is 29.0 Å². The average molecular weight is 373 g/mol. The van der Waals surface area contributed by atoms with E-state index in [1.807, 2.05) is 6.07 Å². The molecule has 0 fully saturated rings. The molecule has 2 aromatic carbocycles. The maximum absolute atomic E-state index is 12.5. The second kappa shape index (κ2) is 8.42. The van der Waals surface area contributed by atoms with E-state index in [4.69, 9.17) is 5.26 Å². The first-order chi connectivity index (χ1) is 13.6. The van der Waals surface area contributed by atoms with Gasteiger partial charge in [-0.25, -0.2) is 14.8 Å². The molecule has 3 rings (SSSR count). The summed E-state index contributed by atoms with van der Waals surface area (Å²) in [6, 6.07) is 16.7. The summed E-state index contributed by atoms with van der Waals surface area (Å²) in [5, 5.41) is 14.6. The Labute approximate surface area is 160 Å². The van der Waals surface area contributed by atoms with Crippen molar-refractivity contribution in [2.75, 3.05) is 17.7 Å². The zero-order chi connectivity index (χ0) is 19.9. The Kier molecular flexibility index (Phi) is 5.58. The number of nitrogens with one attached hydrogen (secondary N) is 2. The van der Waals surface area contributed by atoms with Gasteiger partial charge in [-0.05, 0) is 42.5 Å². The first-order valence-corrected chi connectivity index (χ1v) is 8.19. The third-order valence-corrected chi connectivity index (χ3v) is 3.68. The fourth-order valence-electron chi connectivity index (χ4n) is 2.38. The lowest BCUT2D eigenvalue weighted by molar-refractivity contribution is 0.0600. The Hall–Kier alpha value is -4.25. The number of ether oxygens (including phenoxy) is 1. The molecule has 0 spiro atoms. The lowest BCUT2D eigenvalue weighted by Gasteiger charge is -2.08. The number of esters is 1. The second-order valence-corrected chi connectivity index (χ2v) is 5.61. The fraction of sp³-hybridized carbons (Fsp3) is 0.0500. The van der Waals surface area contributed by atoms with Gasteiger partial charge in [0.1, 0.15) is 5.69 Å². The Morgan fingerprint density at radius 3 is 2.64 bits per heavy atom. The minimum atomic E-state index is -0.496. The lowest BCUT2D eigenvalue weighted by atomic mass is 10.2. The van der Waals surface area contributed by atoms with E-state index in [0.29, 0.717) is 22.5 Å². The SMILES string of the molecule is COC(=O)c1cccc(NC(=O)c2ccnc(Nc3cccc(C#N)c3)n2)c1. The van der Waals surface area contributed by atoms with E-state index in [2.05, 4.69) is 25.3 Å². The number of rotatable bonds is 5. The highest BCUT2D eigenvalue weighted by molar-refractivity contribution is 6.03. The molecule has 0 bridgehead atoms. The Morgan fingerprint density at radius 1 is 1.07 bits per heavy atom. The third-order valence-electron chi connectivity index (χ3n) is 3.68. The molecule has 138 valence electrons. The van der Waals surface area contributed by atoms with E-state index in [0.717, 1.165) is 0 Å². The summed E-state index contributed by atoms with van der Waals surface area (Å²) in [6.07, 6.45) is 1.45. The molecule has 1 aromatic heterocycles. The zero-order valence-electron chi connectivity index (χ0n) is 14.8. The van der Waals surface area contributed by atoms with Crippen LogP contribution in [0.4, 0.5) is 17.3 Å². The summed E-state index contributed by atoms with van der Waals surface area (Å²) in [5.41, 5.74) is 2.01. The van der Waals surface area contributed by atoms with Gasteiger partial charge < -0.3 is 15.4 Å². The quantitative estimate of drug-likeness (QED) is 0.660. The van der Waals surface area contributed by atoms with Crippen molar-refractivity contribution in [3.63, 3.8) is 0 Å². The number of benzene rings is 2.